The molecule has 0 aromatic heterocycles. The van der Waals surface area contributed by atoms with Crippen molar-refractivity contribution in [3.63, 3.8) is 0 Å². The van der Waals surface area contributed by atoms with Gasteiger partial charge in [-0.15, -0.1) is 9.24 Å². The lowest BCUT2D eigenvalue weighted by Gasteiger charge is -2.26. The Hall–Kier alpha value is 0.877. The summed E-state index contributed by atoms with van der Waals surface area (Å²) in [4.78, 5) is 0. The van der Waals surface area contributed by atoms with Crippen molar-refractivity contribution >= 4 is 28.4 Å². The molecule has 1 atom stereocenters. The number of hydrogen-bond donors (Lipinski definition) is 0. The molecule has 0 amide bonds. The lowest BCUT2D eigenvalue weighted by Crippen LogP contribution is -2.43. The first-order chi connectivity index (χ1) is 6.74. The van der Waals surface area contributed by atoms with E-state index in [-0.39, 0.29) is 0 Å². The van der Waals surface area contributed by atoms with E-state index in [0.717, 1.165) is 11.9 Å². The van der Waals surface area contributed by atoms with Crippen LogP contribution in [0, 0.1) is 0 Å². The van der Waals surface area contributed by atoms with Crippen molar-refractivity contribution in [2.24, 2.45) is 0 Å². The van der Waals surface area contributed by atoms with Crippen LogP contribution in [0.3, 0.4) is 0 Å². The predicted octanol–water partition coefficient (Wildman–Crippen LogP) is 2.14. The molecule has 86 valence electrons. The van der Waals surface area contributed by atoms with Crippen LogP contribution >= 0.6 is 20.5 Å². The Morgan fingerprint density at radius 2 is 1.43 bits per heavy atom. The van der Waals surface area contributed by atoms with Crippen LogP contribution in [0.25, 0.3) is 0 Å². The van der Waals surface area contributed by atoms with Crippen molar-refractivity contribution in [1.82, 2.24) is 0 Å². The molecule has 0 aromatic rings. The fourth-order valence-corrected chi connectivity index (χ4v) is 6.87. The zero-order chi connectivity index (χ0) is 10.9. The average molecular weight is 256 g/mol. The first-order valence-corrected chi connectivity index (χ1v) is 9.25. The molecule has 0 aliphatic rings. The fraction of sp³-hybridized carbons (Fsp3) is 1.00. The molecule has 0 fully saturated rings. The third-order valence-corrected chi connectivity index (χ3v) is 7.52. The molecule has 3 nitrogen and oxygen atoms in total. The molecule has 0 aromatic carbocycles. The lowest BCUT2D eigenvalue weighted by molar-refractivity contribution is 0.0966. The van der Waals surface area contributed by atoms with E-state index in [1.165, 1.54) is 0 Å². The van der Waals surface area contributed by atoms with Gasteiger partial charge in [0.25, 0.3) is 0 Å². The molecule has 0 bridgehead atoms. The van der Waals surface area contributed by atoms with Crippen molar-refractivity contribution in [1.29, 1.82) is 0 Å². The summed E-state index contributed by atoms with van der Waals surface area (Å²) in [7, 11) is 0.287. The minimum Gasteiger partial charge on any atom is -0.366 e. The summed E-state index contributed by atoms with van der Waals surface area (Å²) in [6.07, 6.45) is 1.03. The number of rotatable bonds is 9. The molecule has 0 rings (SSSR count). The fourth-order valence-electron chi connectivity index (χ4n) is 0.964. The molecule has 0 aliphatic heterocycles. The lowest BCUT2D eigenvalue weighted by atomic mass is 10.9. The van der Waals surface area contributed by atoms with Gasteiger partial charge in [0.1, 0.15) is 0 Å². The quantitative estimate of drug-likeness (QED) is 0.467. The summed E-state index contributed by atoms with van der Waals surface area (Å²) in [6.45, 7) is 7.87. The monoisotopic (exact) mass is 256 g/mol. The van der Waals surface area contributed by atoms with Gasteiger partial charge in [0.05, 0.1) is 0 Å². The maximum atomic E-state index is 5.66. The van der Waals surface area contributed by atoms with Gasteiger partial charge in [0.15, 0.2) is 0 Å². The summed E-state index contributed by atoms with van der Waals surface area (Å²) < 4.78 is 17.0. The molecule has 0 spiro atoms. The summed E-state index contributed by atoms with van der Waals surface area (Å²) in [5, 5.41) is 0. The van der Waals surface area contributed by atoms with Crippen LogP contribution in [0.5, 0.6) is 0 Å². The zero-order valence-corrected chi connectivity index (χ0v) is 12.2. The SMILES string of the molecule is CCO[Si](OCC)(OCC)SCCP. The second kappa shape index (κ2) is 9.13. The highest BCUT2D eigenvalue weighted by Crippen LogP contribution is 2.25. The average Bonchev–Trinajstić information content (AvgIpc) is 2.16. The normalized spacial score (nSPS) is 12.0. The van der Waals surface area contributed by atoms with Crippen LogP contribution in [0.15, 0.2) is 0 Å². The Morgan fingerprint density at radius 1 is 1.00 bits per heavy atom. The highest BCUT2D eigenvalue weighted by atomic mass is 32.4. The summed E-state index contributed by atoms with van der Waals surface area (Å²) in [5.74, 6) is 0.997. The van der Waals surface area contributed by atoms with Crippen molar-refractivity contribution in [2.45, 2.75) is 20.8 Å². The summed E-state index contributed by atoms with van der Waals surface area (Å²) in [6, 6.07) is 0. The van der Waals surface area contributed by atoms with E-state index < -0.39 is 7.95 Å². The molecule has 0 heterocycles. The van der Waals surface area contributed by atoms with Gasteiger partial charge in [-0.05, 0) is 32.7 Å². The van der Waals surface area contributed by atoms with E-state index in [2.05, 4.69) is 9.24 Å². The van der Waals surface area contributed by atoms with Crippen LogP contribution in [0.1, 0.15) is 20.8 Å². The molecule has 0 saturated heterocycles. The second-order valence-electron chi connectivity index (χ2n) is 2.44. The van der Waals surface area contributed by atoms with Crippen molar-refractivity contribution in [2.75, 3.05) is 31.7 Å². The molecule has 0 saturated carbocycles. The van der Waals surface area contributed by atoms with Crippen LogP contribution in [0.4, 0.5) is 0 Å². The van der Waals surface area contributed by atoms with Gasteiger partial charge in [-0.1, -0.05) is 11.2 Å². The van der Waals surface area contributed by atoms with Crippen LogP contribution in [-0.2, 0) is 13.3 Å². The molecule has 6 heteroatoms. The Kier molecular flexibility index (Phi) is 9.70. The maximum absolute atomic E-state index is 5.66. The van der Waals surface area contributed by atoms with Gasteiger partial charge >= 0.3 is 7.95 Å². The summed E-state index contributed by atoms with van der Waals surface area (Å²) >= 11 is 1.69. The van der Waals surface area contributed by atoms with Crippen molar-refractivity contribution < 1.29 is 13.3 Å². The topological polar surface area (TPSA) is 27.7 Å². The van der Waals surface area contributed by atoms with Crippen LogP contribution in [-0.4, -0.2) is 39.7 Å². The zero-order valence-electron chi connectivity index (χ0n) is 9.25. The Morgan fingerprint density at radius 3 is 1.71 bits per heavy atom. The minimum atomic E-state index is -2.41. The Labute approximate surface area is 94.5 Å². The second-order valence-corrected chi connectivity index (χ2v) is 7.94. The smallest absolute Gasteiger partial charge is 0.366 e. The third kappa shape index (κ3) is 5.68. The van der Waals surface area contributed by atoms with E-state index in [4.69, 9.17) is 13.3 Å². The Bertz CT molecular complexity index is 123. The van der Waals surface area contributed by atoms with Gasteiger partial charge in [0, 0.05) is 19.8 Å². The molecular formula is C8H21O3PSSi. The van der Waals surface area contributed by atoms with Crippen molar-refractivity contribution in [3.05, 3.63) is 0 Å². The highest BCUT2D eigenvalue weighted by molar-refractivity contribution is 8.26. The van der Waals surface area contributed by atoms with Gasteiger partial charge in [-0.3, -0.25) is 0 Å². The molecule has 1 unspecified atom stereocenters. The first kappa shape index (κ1) is 14.9. The minimum absolute atomic E-state index is 0.649. The van der Waals surface area contributed by atoms with Gasteiger partial charge in [-0.2, -0.15) is 0 Å². The molecule has 0 aliphatic carbocycles. The molecule has 14 heavy (non-hydrogen) atoms. The molecular weight excluding hydrogens is 235 g/mol. The van der Waals surface area contributed by atoms with E-state index in [9.17, 15) is 0 Å². The van der Waals surface area contributed by atoms with Gasteiger partial charge < -0.3 is 13.3 Å². The highest BCUT2D eigenvalue weighted by Gasteiger charge is 2.41. The van der Waals surface area contributed by atoms with Gasteiger partial charge in [-0.25, -0.2) is 0 Å². The summed E-state index contributed by atoms with van der Waals surface area (Å²) in [5.41, 5.74) is 0. The van der Waals surface area contributed by atoms with E-state index in [1.807, 2.05) is 20.8 Å². The van der Waals surface area contributed by atoms with Crippen LogP contribution < -0.4 is 0 Å². The van der Waals surface area contributed by atoms with Crippen molar-refractivity contribution in [3.8, 4) is 0 Å². The Balaban J connectivity index is 4.21. The largest absolute Gasteiger partial charge is 0.573 e. The van der Waals surface area contributed by atoms with E-state index in [0.29, 0.717) is 19.8 Å². The standard InChI is InChI=1S/C8H21O3PSSi/c1-4-9-14(10-5-2,11-6-3)13-8-7-12/h4-8,12H2,1-3H3. The molecule has 0 N–H and O–H groups in total. The van der Waals surface area contributed by atoms with Gasteiger partial charge in [0.2, 0.25) is 0 Å². The van der Waals surface area contributed by atoms with E-state index >= 15 is 0 Å². The predicted molar refractivity (Wildman–Crippen MR) is 67.7 cm³/mol. The number of hydrogen-bond acceptors (Lipinski definition) is 4. The van der Waals surface area contributed by atoms with E-state index in [1.54, 1.807) is 11.2 Å². The molecule has 0 radical (unpaired) electrons. The van der Waals surface area contributed by atoms with Crippen LogP contribution in [0.2, 0.25) is 0 Å². The first-order valence-electron chi connectivity index (χ1n) is 5.00. The third-order valence-electron chi connectivity index (χ3n) is 1.36. The maximum Gasteiger partial charge on any atom is 0.573 e.